The molecule has 0 unspecified atom stereocenters. The van der Waals surface area contributed by atoms with Crippen LogP contribution in [0.25, 0.3) is 0 Å². The summed E-state index contributed by atoms with van der Waals surface area (Å²) in [6, 6.07) is 0. The van der Waals surface area contributed by atoms with E-state index in [4.69, 9.17) is 37.9 Å². The summed E-state index contributed by atoms with van der Waals surface area (Å²) in [5, 5.41) is 47.3. The SMILES string of the molecule is C[C@@H]1C[C@H]2[C@@H]3CCC4=CC(=O)C=C[C@]4(C)[C@@]3(F)[C@@H](O)C[C@]2(C)[C@@]1(O)C(=O)COC(=O)OCCOCCOCCOCCOCCOC(=O)OCC(=O)[C@@]1(O)[C@H](C)C[C@H]2[C@@H]3CCC4=CC(=O)C=C[C@]4(C)[C@@]3(F)[C@@H](O)C[C@@]21C. The van der Waals surface area contributed by atoms with E-state index in [2.05, 4.69) is 0 Å². The molecule has 6 saturated carbocycles. The van der Waals surface area contributed by atoms with Crippen molar-refractivity contribution in [2.75, 3.05) is 79.3 Å². The number of halogens is 2. The standard InChI is InChI=1S/C56H76F2O18/c1-33-25-41-39-9-7-35-27-37(59)11-13-49(35,3)53(39,57)43(61)29-51(41,5)55(33,67)45(63)31-75-47(65)73-23-21-71-19-17-69-15-16-70-18-20-72-22-24-74-48(66)76-32-46(64)56(68)34(2)26-42-40-10-8-36-28-38(60)12-14-50(36,4)54(40,58)44(62)30-52(42,56)6/h11-14,27-28,33-34,39-44,61-62,67-68H,7-10,15-26,29-32H2,1-6H3/t33-,34-,39+,40+,41+,42+,43+,44+,49+,50+,51+,52+,53+,54+,55+,56+/m1/s1. The van der Waals surface area contributed by atoms with Crippen molar-refractivity contribution in [3.05, 3.63) is 47.6 Å². The number of hydrogen-bond donors (Lipinski definition) is 4. The van der Waals surface area contributed by atoms with Gasteiger partial charge in [0.1, 0.15) is 24.4 Å². The number of alkyl halides is 2. The molecule has 20 heteroatoms. The lowest BCUT2D eigenvalue weighted by molar-refractivity contribution is -0.219. The second kappa shape index (κ2) is 21.7. The molecule has 76 heavy (non-hydrogen) atoms. The number of aliphatic hydroxyl groups excluding tert-OH is 2. The van der Waals surface area contributed by atoms with Gasteiger partial charge in [-0.2, -0.15) is 0 Å². The highest BCUT2D eigenvalue weighted by molar-refractivity contribution is 6.02. The van der Waals surface area contributed by atoms with Crippen LogP contribution in [0.5, 0.6) is 0 Å². The van der Waals surface area contributed by atoms with Gasteiger partial charge in [0.15, 0.2) is 36.1 Å². The van der Waals surface area contributed by atoms with Crippen LogP contribution in [-0.4, -0.2) is 170 Å². The summed E-state index contributed by atoms with van der Waals surface area (Å²) in [5.41, 5.74) is -11.8. The zero-order valence-electron chi connectivity index (χ0n) is 44.5. The highest BCUT2D eigenvalue weighted by atomic mass is 19.1. The molecule has 0 heterocycles. The quantitative estimate of drug-likeness (QED) is 0.0852. The number of allylic oxidation sites excluding steroid dienone is 8. The summed E-state index contributed by atoms with van der Waals surface area (Å²) < 4.78 is 76.9. The molecule has 8 rings (SSSR count). The lowest BCUT2D eigenvalue weighted by Gasteiger charge is -2.62. The number of carbonyl (C=O) groups excluding carboxylic acids is 6. The van der Waals surface area contributed by atoms with E-state index in [1.165, 1.54) is 24.3 Å². The van der Waals surface area contributed by atoms with Gasteiger partial charge in [-0.1, -0.05) is 51.0 Å². The number of Topliss-reactive ketones (excluding diaryl/α,β-unsaturated/α-hetero) is 2. The van der Waals surface area contributed by atoms with Crippen molar-refractivity contribution < 1.29 is 95.9 Å². The molecule has 8 aliphatic rings. The fourth-order valence-electron chi connectivity index (χ4n) is 16.0. The summed E-state index contributed by atoms with van der Waals surface area (Å²) in [4.78, 5) is 76.5. The Morgan fingerprint density at radius 3 is 1.21 bits per heavy atom. The Hall–Kier alpha value is -4.28. The van der Waals surface area contributed by atoms with Crippen LogP contribution in [-0.2, 0) is 57.1 Å². The van der Waals surface area contributed by atoms with Gasteiger partial charge in [0, 0.05) is 33.5 Å². The summed E-state index contributed by atoms with van der Waals surface area (Å²) in [7, 11) is 0. The minimum atomic E-state index is -2.12. The zero-order chi connectivity index (χ0) is 55.3. The van der Waals surface area contributed by atoms with Crippen LogP contribution in [0.2, 0.25) is 0 Å². The summed E-state index contributed by atoms with van der Waals surface area (Å²) in [5.74, 6) is -5.53. The molecule has 4 N–H and O–H groups in total. The molecule has 422 valence electrons. The van der Waals surface area contributed by atoms with E-state index >= 15 is 8.78 Å². The van der Waals surface area contributed by atoms with Gasteiger partial charge in [0.2, 0.25) is 11.6 Å². The Balaban J connectivity index is 0.640. The monoisotopic (exact) mass is 1070 g/mol. The van der Waals surface area contributed by atoms with Crippen molar-refractivity contribution in [1.82, 2.24) is 0 Å². The van der Waals surface area contributed by atoms with Crippen molar-refractivity contribution in [2.24, 2.45) is 57.2 Å². The average molecular weight is 1080 g/mol. The Labute approximate surface area is 441 Å². The number of rotatable bonds is 21. The van der Waals surface area contributed by atoms with Gasteiger partial charge in [-0.15, -0.1) is 0 Å². The van der Waals surface area contributed by atoms with Crippen molar-refractivity contribution in [3.63, 3.8) is 0 Å². The first-order valence-electron chi connectivity index (χ1n) is 26.8. The lowest BCUT2D eigenvalue weighted by atomic mass is 9.44. The van der Waals surface area contributed by atoms with Crippen LogP contribution in [0.1, 0.15) is 92.9 Å². The van der Waals surface area contributed by atoms with E-state index in [0.717, 1.165) is 0 Å². The summed E-state index contributed by atoms with van der Waals surface area (Å²) >= 11 is 0. The van der Waals surface area contributed by atoms with Gasteiger partial charge >= 0.3 is 12.3 Å². The molecule has 6 fully saturated rings. The number of carbonyl (C=O) groups is 6. The number of ether oxygens (including phenoxy) is 8. The van der Waals surface area contributed by atoms with Crippen LogP contribution in [0.3, 0.4) is 0 Å². The van der Waals surface area contributed by atoms with Crippen LogP contribution in [0.4, 0.5) is 18.4 Å². The molecule has 8 aliphatic carbocycles. The fourth-order valence-corrected chi connectivity index (χ4v) is 16.0. The maximum Gasteiger partial charge on any atom is 0.508 e. The number of hydrogen-bond acceptors (Lipinski definition) is 18. The Kier molecular flexibility index (Phi) is 16.6. The molecule has 18 nitrogen and oxygen atoms in total. The molecule has 0 amide bonds. The molecular weight excluding hydrogens is 999 g/mol. The van der Waals surface area contributed by atoms with Crippen molar-refractivity contribution in [1.29, 1.82) is 0 Å². The minimum Gasteiger partial charge on any atom is -0.432 e. The predicted molar refractivity (Wildman–Crippen MR) is 264 cm³/mol. The normalized spacial score (nSPS) is 41.8. The summed E-state index contributed by atoms with van der Waals surface area (Å²) in [6.45, 7) is 9.56. The third-order valence-corrected chi connectivity index (χ3v) is 19.9. The third-order valence-electron chi connectivity index (χ3n) is 19.9. The molecule has 0 aromatic carbocycles. The molecular formula is C56H76F2O18. The van der Waals surface area contributed by atoms with Crippen LogP contribution in [0, 0.1) is 57.2 Å². The smallest absolute Gasteiger partial charge is 0.432 e. The predicted octanol–water partition coefficient (Wildman–Crippen LogP) is 5.19. The molecule has 0 spiro atoms. The third kappa shape index (κ3) is 9.24. The first-order valence-corrected chi connectivity index (χ1v) is 26.8. The molecule has 16 atom stereocenters. The topological polar surface area (TPSA) is 257 Å². The second-order valence-electron chi connectivity index (χ2n) is 23.4. The van der Waals surface area contributed by atoms with Gasteiger partial charge in [0.05, 0.1) is 65.1 Å². The van der Waals surface area contributed by atoms with E-state index in [9.17, 15) is 49.2 Å². The molecule has 0 saturated heterocycles. The fraction of sp³-hybridized carbons (Fsp3) is 0.750. The molecule has 0 radical (unpaired) electrons. The first kappa shape index (κ1) is 57.9. The summed E-state index contributed by atoms with van der Waals surface area (Å²) in [6.07, 6.45) is 5.16. The van der Waals surface area contributed by atoms with Gasteiger partial charge in [-0.05, 0) is 113 Å². The van der Waals surface area contributed by atoms with E-state index in [1.54, 1.807) is 53.7 Å². The van der Waals surface area contributed by atoms with Gasteiger partial charge in [-0.25, -0.2) is 18.4 Å². The van der Waals surface area contributed by atoms with E-state index in [0.29, 0.717) is 49.7 Å². The highest BCUT2D eigenvalue weighted by Gasteiger charge is 2.77. The Morgan fingerprint density at radius 1 is 0.539 bits per heavy atom. The molecule has 0 aromatic heterocycles. The number of ketones is 4. The van der Waals surface area contributed by atoms with Crippen molar-refractivity contribution >= 4 is 35.4 Å². The number of aliphatic hydroxyl groups is 4. The Bertz CT molecular complexity index is 2240. The first-order chi connectivity index (χ1) is 35.8. The van der Waals surface area contributed by atoms with Crippen molar-refractivity contribution in [3.8, 4) is 0 Å². The van der Waals surface area contributed by atoms with Gasteiger partial charge < -0.3 is 58.3 Å². The minimum absolute atomic E-state index is 0.00540. The van der Waals surface area contributed by atoms with E-state index in [1.807, 2.05) is 0 Å². The van der Waals surface area contributed by atoms with Gasteiger partial charge in [-0.3, -0.25) is 19.2 Å². The lowest BCUT2D eigenvalue weighted by Crippen LogP contribution is -2.69. The molecule has 0 bridgehead atoms. The van der Waals surface area contributed by atoms with Crippen molar-refractivity contribution in [2.45, 2.75) is 128 Å². The van der Waals surface area contributed by atoms with Crippen LogP contribution >= 0.6 is 0 Å². The molecule has 0 aliphatic heterocycles. The Morgan fingerprint density at radius 2 is 0.868 bits per heavy atom. The van der Waals surface area contributed by atoms with Crippen LogP contribution in [0.15, 0.2) is 47.6 Å². The largest absolute Gasteiger partial charge is 0.508 e. The zero-order valence-corrected chi connectivity index (χ0v) is 44.5. The van der Waals surface area contributed by atoms with Crippen LogP contribution < -0.4 is 0 Å². The maximum absolute atomic E-state index is 17.4. The highest BCUT2D eigenvalue weighted by Crippen LogP contribution is 2.72. The molecule has 0 aromatic rings. The number of fused-ring (bicyclic) bond motifs is 10. The second-order valence-corrected chi connectivity index (χ2v) is 23.4. The average Bonchev–Trinajstić information content (AvgIpc) is 3.91. The van der Waals surface area contributed by atoms with E-state index in [-0.39, 0.29) is 90.5 Å². The maximum atomic E-state index is 17.4. The van der Waals surface area contributed by atoms with Gasteiger partial charge in [0.25, 0.3) is 0 Å². The van der Waals surface area contributed by atoms with E-state index < -0.39 is 129 Å².